The Morgan fingerprint density at radius 3 is 1.40 bits per heavy atom. The molecule has 58 heavy (non-hydrogen) atoms. The summed E-state index contributed by atoms with van der Waals surface area (Å²) in [7, 11) is 0. The van der Waals surface area contributed by atoms with Crippen molar-refractivity contribution in [3.63, 3.8) is 0 Å². The highest BCUT2D eigenvalue weighted by Crippen LogP contribution is 2.43. The normalized spacial score (nSPS) is 11.8. The van der Waals surface area contributed by atoms with Gasteiger partial charge in [0, 0.05) is 0 Å². The van der Waals surface area contributed by atoms with Gasteiger partial charge in [0.05, 0.1) is 0 Å². The third-order valence-electron chi connectivity index (χ3n) is 12.4. The second-order valence-corrected chi connectivity index (χ2v) is 15.6. The van der Waals surface area contributed by atoms with Crippen LogP contribution >= 0.6 is 0 Å². The van der Waals surface area contributed by atoms with Gasteiger partial charge < -0.3 is 0 Å². The van der Waals surface area contributed by atoms with E-state index >= 15 is 0 Å². The van der Waals surface area contributed by atoms with Gasteiger partial charge in [-0.05, 0) is 157 Å². The van der Waals surface area contributed by atoms with E-state index in [1.165, 1.54) is 120 Å². The monoisotopic (exact) mass is 732 g/mol. The molecule has 0 nitrogen and oxygen atoms in total. The fraction of sp³-hybridized carbons (Fsp3) is 0. The Hall–Kier alpha value is -7.54. The molecule has 0 atom stereocenters. The van der Waals surface area contributed by atoms with Crippen LogP contribution in [-0.2, 0) is 0 Å². The first-order chi connectivity index (χ1) is 28.7. The molecule has 0 radical (unpaired) electrons. The number of rotatable bonds is 5. The van der Waals surface area contributed by atoms with Gasteiger partial charge in [0.1, 0.15) is 0 Å². The summed E-state index contributed by atoms with van der Waals surface area (Å²) < 4.78 is 0. The van der Waals surface area contributed by atoms with Crippen molar-refractivity contribution in [3.05, 3.63) is 218 Å². The second kappa shape index (κ2) is 13.0. The summed E-state index contributed by atoms with van der Waals surface area (Å²) in [5.74, 6) is 0. The van der Waals surface area contributed by atoms with Gasteiger partial charge >= 0.3 is 0 Å². The van der Waals surface area contributed by atoms with E-state index in [4.69, 9.17) is 0 Å². The largest absolute Gasteiger partial charge is 0.0622 e. The summed E-state index contributed by atoms with van der Waals surface area (Å²) >= 11 is 0. The third kappa shape index (κ3) is 5.23. The third-order valence-corrected chi connectivity index (χ3v) is 12.4. The van der Waals surface area contributed by atoms with Crippen LogP contribution in [0.5, 0.6) is 0 Å². The number of hydrogen-bond acceptors (Lipinski definition) is 0. The minimum atomic E-state index is 1.21. The van der Waals surface area contributed by atoms with Crippen molar-refractivity contribution >= 4 is 64.6 Å². The summed E-state index contributed by atoms with van der Waals surface area (Å²) in [6.45, 7) is 0. The van der Waals surface area contributed by atoms with Crippen LogP contribution in [0, 0.1) is 0 Å². The fourth-order valence-corrected chi connectivity index (χ4v) is 9.54. The number of benzene rings is 12. The zero-order valence-corrected chi connectivity index (χ0v) is 31.8. The SMILES string of the molecule is c1ccc(-c2cc3ccccc3cc2-c2ccc3c(c2)c(-c2ccccc2)cc2cc(-c4ccc(-c5cc6cccc7ccc8cccc5c8c76)cc4)ccc23)cc1. The molecule has 0 aliphatic carbocycles. The first-order valence-electron chi connectivity index (χ1n) is 20.2. The Kier molecular flexibility index (Phi) is 7.33. The highest BCUT2D eigenvalue weighted by molar-refractivity contribution is 6.26. The molecule has 12 rings (SSSR count). The molecule has 0 bridgehead atoms. The Labute approximate surface area is 337 Å². The van der Waals surface area contributed by atoms with Gasteiger partial charge in [-0.2, -0.15) is 0 Å². The molecule has 0 saturated carbocycles. The zero-order valence-electron chi connectivity index (χ0n) is 31.8. The lowest BCUT2D eigenvalue weighted by molar-refractivity contribution is 1.61. The van der Waals surface area contributed by atoms with Crippen molar-refractivity contribution < 1.29 is 0 Å². The van der Waals surface area contributed by atoms with Crippen molar-refractivity contribution in [3.8, 4) is 55.6 Å². The molecule has 0 spiro atoms. The van der Waals surface area contributed by atoms with Crippen molar-refractivity contribution in [1.82, 2.24) is 0 Å². The molecular formula is C58H36. The summed E-state index contributed by atoms with van der Waals surface area (Å²) in [4.78, 5) is 0. The van der Waals surface area contributed by atoms with Gasteiger partial charge in [0.2, 0.25) is 0 Å². The van der Waals surface area contributed by atoms with E-state index < -0.39 is 0 Å². The lowest BCUT2D eigenvalue weighted by atomic mass is 9.87. The molecular weight excluding hydrogens is 697 g/mol. The van der Waals surface area contributed by atoms with Crippen molar-refractivity contribution in [2.24, 2.45) is 0 Å². The van der Waals surface area contributed by atoms with E-state index in [1.807, 2.05) is 0 Å². The molecule has 0 aromatic heterocycles. The van der Waals surface area contributed by atoms with Crippen LogP contribution in [0.2, 0.25) is 0 Å². The Morgan fingerprint density at radius 1 is 0.172 bits per heavy atom. The summed E-state index contributed by atoms with van der Waals surface area (Å²) in [6, 6.07) is 80.9. The molecule has 0 aliphatic rings. The van der Waals surface area contributed by atoms with Gasteiger partial charge in [-0.3, -0.25) is 0 Å². The molecule has 268 valence electrons. The van der Waals surface area contributed by atoms with Crippen molar-refractivity contribution in [2.75, 3.05) is 0 Å². The minimum Gasteiger partial charge on any atom is -0.0622 e. The predicted octanol–water partition coefficient (Wildman–Crippen LogP) is 16.4. The Morgan fingerprint density at radius 2 is 0.655 bits per heavy atom. The Bertz CT molecular complexity index is 3520. The average molecular weight is 733 g/mol. The maximum Gasteiger partial charge on any atom is -0.00206 e. The van der Waals surface area contributed by atoms with Gasteiger partial charge in [0.25, 0.3) is 0 Å². The molecule has 0 aliphatic heterocycles. The van der Waals surface area contributed by atoms with Crippen LogP contribution in [0.1, 0.15) is 0 Å². The maximum absolute atomic E-state index is 2.42. The number of hydrogen-bond donors (Lipinski definition) is 0. The van der Waals surface area contributed by atoms with Crippen LogP contribution in [0.3, 0.4) is 0 Å². The smallest absolute Gasteiger partial charge is 0.00206 e. The van der Waals surface area contributed by atoms with Crippen LogP contribution in [0.25, 0.3) is 120 Å². The maximum atomic E-state index is 2.42. The van der Waals surface area contributed by atoms with Gasteiger partial charge in [0.15, 0.2) is 0 Å². The lowest BCUT2D eigenvalue weighted by Crippen LogP contribution is -1.90. The highest BCUT2D eigenvalue weighted by atomic mass is 14.2. The molecule has 0 unspecified atom stereocenters. The molecule has 0 N–H and O–H groups in total. The lowest BCUT2D eigenvalue weighted by Gasteiger charge is -2.17. The van der Waals surface area contributed by atoms with Crippen LogP contribution < -0.4 is 0 Å². The fourth-order valence-electron chi connectivity index (χ4n) is 9.54. The van der Waals surface area contributed by atoms with E-state index in [2.05, 4.69) is 218 Å². The number of fused-ring (bicyclic) bond motifs is 4. The van der Waals surface area contributed by atoms with Crippen molar-refractivity contribution in [1.29, 1.82) is 0 Å². The quantitative estimate of drug-likeness (QED) is 0.155. The minimum absolute atomic E-state index is 1.21. The van der Waals surface area contributed by atoms with Crippen LogP contribution in [0.15, 0.2) is 218 Å². The zero-order chi connectivity index (χ0) is 38.2. The molecule has 0 saturated heterocycles. The molecule has 12 aromatic carbocycles. The van der Waals surface area contributed by atoms with E-state index in [9.17, 15) is 0 Å². The average Bonchev–Trinajstić information content (AvgIpc) is 3.30. The van der Waals surface area contributed by atoms with Gasteiger partial charge in [-0.25, -0.2) is 0 Å². The standard InChI is InChI=1S/C58H36/c1-3-11-38(12-4-1)53-32-43-15-7-8-16-44(43)33-55(53)46-28-30-50-49-29-27-45(31-48(49)36-54(56(50)34-46)39-13-5-2-6-14-39)37-21-23-40(24-22-37)52-35-47-19-9-17-41-25-26-42-18-10-20-51(52)58(42)57(41)47/h1-36H. The molecule has 0 fully saturated rings. The van der Waals surface area contributed by atoms with Crippen LogP contribution in [0.4, 0.5) is 0 Å². The first kappa shape index (κ1) is 32.7. The molecule has 0 heteroatoms. The summed E-state index contributed by atoms with van der Waals surface area (Å²) in [6.07, 6.45) is 0. The van der Waals surface area contributed by atoms with E-state index in [-0.39, 0.29) is 0 Å². The van der Waals surface area contributed by atoms with E-state index in [1.54, 1.807) is 0 Å². The molecule has 0 heterocycles. The first-order valence-corrected chi connectivity index (χ1v) is 20.2. The Balaban J connectivity index is 0.992. The highest BCUT2D eigenvalue weighted by Gasteiger charge is 2.16. The van der Waals surface area contributed by atoms with Gasteiger partial charge in [-0.1, -0.05) is 182 Å². The van der Waals surface area contributed by atoms with Crippen molar-refractivity contribution in [2.45, 2.75) is 0 Å². The predicted molar refractivity (Wildman–Crippen MR) is 250 cm³/mol. The molecule has 0 amide bonds. The molecule has 12 aromatic rings. The van der Waals surface area contributed by atoms with Crippen LogP contribution in [-0.4, -0.2) is 0 Å². The topological polar surface area (TPSA) is 0 Å². The summed E-state index contributed by atoms with van der Waals surface area (Å²) in [5.41, 5.74) is 12.3. The van der Waals surface area contributed by atoms with E-state index in [0.717, 1.165) is 0 Å². The second-order valence-electron chi connectivity index (χ2n) is 15.6. The summed E-state index contributed by atoms with van der Waals surface area (Å²) in [5, 5.41) is 15.4. The van der Waals surface area contributed by atoms with Gasteiger partial charge in [-0.15, -0.1) is 0 Å². The van der Waals surface area contributed by atoms with E-state index in [0.29, 0.717) is 0 Å².